The number of nitrogens with one attached hydrogen (secondary N) is 2. The second-order valence-electron chi connectivity index (χ2n) is 4.66. The van der Waals surface area contributed by atoms with Gasteiger partial charge >= 0.3 is 10.4 Å². The van der Waals surface area contributed by atoms with Gasteiger partial charge in [-0.15, -0.1) is 0 Å². The highest BCUT2D eigenvalue weighted by molar-refractivity contribution is 7.79. The Balaban J connectivity index is 0.000000555. The molecule has 0 aromatic carbocycles. The lowest BCUT2D eigenvalue weighted by atomic mass is 9.98. The van der Waals surface area contributed by atoms with Gasteiger partial charge in [-0.05, 0) is 26.7 Å². The van der Waals surface area contributed by atoms with Crippen LogP contribution in [0.15, 0.2) is 0 Å². The lowest BCUT2D eigenvalue weighted by Gasteiger charge is -2.39. The molecule has 0 aliphatic carbocycles. The number of nitrogens with zero attached hydrogens (tertiary/aromatic N) is 1. The van der Waals surface area contributed by atoms with Crippen LogP contribution in [0.4, 0.5) is 0 Å². The van der Waals surface area contributed by atoms with Gasteiger partial charge in [-0.3, -0.25) is 19.4 Å². The van der Waals surface area contributed by atoms with E-state index in [4.69, 9.17) is 28.7 Å². The van der Waals surface area contributed by atoms with E-state index >= 15 is 0 Å². The molecule has 0 unspecified atom stereocenters. The Morgan fingerprint density at radius 1 is 1.37 bits per heavy atom. The molecule has 0 saturated carbocycles. The molecule has 1 heterocycles. The molecule has 0 spiro atoms. The smallest absolute Gasteiger partial charge is 0.370 e. The largest absolute Gasteiger partial charge is 0.394 e. The van der Waals surface area contributed by atoms with Gasteiger partial charge in [0.25, 0.3) is 0 Å². The Hall–Kier alpha value is -0.900. The lowest BCUT2D eigenvalue weighted by Crippen LogP contribution is -2.47. The van der Waals surface area contributed by atoms with Crippen LogP contribution in [0.5, 0.6) is 0 Å². The van der Waals surface area contributed by atoms with E-state index in [9.17, 15) is 0 Å². The molecular weight excluding hydrogens is 272 g/mol. The normalized spacial score (nSPS) is 24.2. The van der Waals surface area contributed by atoms with Gasteiger partial charge in [0.05, 0.1) is 0 Å². The summed E-state index contributed by atoms with van der Waals surface area (Å²) in [5.74, 6) is 0.0716. The summed E-state index contributed by atoms with van der Waals surface area (Å²) < 4.78 is 31.6. The van der Waals surface area contributed by atoms with Crippen molar-refractivity contribution >= 4 is 16.4 Å². The first kappa shape index (κ1) is 18.1. The van der Waals surface area contributed by atoms with E-state index in [1.165, 1.54) is 19.3 Å². The van der Waals surface area contributed by atoms with E-state index < -0.39 is 10.4 Å². The molecule has 114 valence electrons. The summed E-state index contributed by atoms with van der Waals surface area (Å²) in [5, 5.41) is 9.91. The first-order valence-corrected chi connectivity index (χ1v) is 7.54. The van der Waals surface area contributed by atoms with Gasteiger partial charge in [0.1, 0.15) is 0 Å². The number of nitrogens with two attached hydrogens (primary N) is 1. The minimum atomic E-state index is -4.67. The maximum atomic E-state index is 8.74. The van der Waals surface area contributed by atoms with E-state index in [-0.39, 0.29) is 5.96 Å². The number of hydrogen-bond acceptors (Lipinski definition) is 4. The van der Waals surface area contributed by atoms with Gasteiger partial charge in [-0.1, -0.05) is 6.42 Å². The number of rotatable bonds is 3. The van der Waals surface area contributed by atoms with Crippen LogP contribution in [0.1, 0.15) is 33.1 Å². The Kier molecular flexibility index (Phi) is 7.91. The highest BCUT2D eigenvalue weighted by Gasteiger charge is 2.23. The zero-order valence-electron chi connectivity index (χ0n) is 11.3. The third-order valence-corrected chi connectivity index (χ3v) is 3.06. The van der Waals surface area contributed by atoms with E-state index in [1.807, 2.05) is 0 Å². The molecule has 0 bridgehead atoms. The maximum absolute atomic E-state index is 8.74. The van der Waals surface area contributed by atoms with Crippen molar-refractivity contribution in [1.29, 1.82) is 5.41 Å². The zero-order chi connectivity index (χ0) is 15.1. The zero-order valence-corrected chi connectivity index (χ0v) is 12.2. The van der Waals surface area contributed by atoms with Crippen molar-refractivity contribution in [2.75, 3.05) is 13.1 Å². The fourth-order valence-corrected chi connectivity index (χ4v) is 2.24. The van der Waals surface area contributed by atoms with Crippen molar-refractivity contribution in [3.8, 4) is 0 Å². The van der Waals surface area contributed by atoms with Gasteiger partial charge in [-0.2, -0.15) is 8.42 Å². The molecule has 19 heavy (non-hydrogen) atoms. The monoisotopic (exact) mass is 296 g/mol. The van der Waals surface area contributed by atoms with E-state index in [0.717, 1.165) is 13.1 Å². The fourth-order valence-electron chi connectivity index (χ4n) is 2.24. The second kappa shape index (κ2) is 8.31. The molecule has 1 rings (SSSR count). The van der Waals surface area contributed by atoms with Crippen molar-refractivity contribution in [2.24, 2.45) is 5.73 Å². The Bertz CT molecular complexity index is 356. The number of hydrogen-bond donors (Lipinski definition) is 5. The first-order chi connectivity index (χ1) is 8.61. The molecule has 8 nitrogen and oxygen atoms in total. The number of piperidine rings is 1. The molecule has 9 heteroatoms. The van der Waals surface area contributed by atoms with E-state index in [1.54, 1.807) is 0 Å². The molecular formula is C10H24N4O4S. The molecule has 6 N–H and O–H groups in total. The predicted octanol–water partition coefficient (Wildman–Crippen LogP) is 0.0796. The molecule has 1 saturated heterocycles. The van der Waals surface area contributed by atoms with Gasteiger partial charge in [0, 0.05) is 25.2 Å². The topological polar surface area (TPSA) is 140 Å². The van der Waals surface area contributed by atoms with Crippen LogP contribution >= 0.6 is 0 Å². The second-order valence-corrected chi connectivity index (χ2v) is 5.55. The SMILES string of the molecule is C[C@@H]1CCC[C@H](C)N1CCNC(=N)N.O=S(=O)(O)O. The minimum Gasteiger partial charge on any atom is -0.370 e. The van der Waals surface area contributed by atoms with Gasteiger partial charge in [0.2, 0.25) is 0 Å². The summed E-state index contributed by atoms with van der Waals surface area (Å²) in [5.41, 5.74) is 5.23. The molecule has 0 radical (unpaired) electrons. The summed E-state index contributed by atoms with van der Waals surface area (Å²) in [6, 6.07) is 1.35. The molecule has 0 amide bonds. The Morgan fingerprint density at radius 3 is 2.16 bits per heavy atom. The van der Waals surface area contributed by atoms with Crippen molar-refractivity contribution < 1.29 is 17.5 Å². The molecule has 0 aromatic rings. The summed E-state index contributed by atoms with van der Waals surface area (Å²) in [6.45, 7) is 6.33. The van der Waals surface area contributed by atoms with Gasteiger partial charge < -0.3 is 11.1 Å². The van der Waals surface area contributed by atoms with Crippen LogP contribution in [0.25, 0.3) is 0 Å². The van der Waals surface area contributed by atoms with Crippen molar-refractivity contribution in [3.63, 3.8) is 0 Å². The molecule has 1 fully saturated rings. The van der Waals surface area contributed by atoms with Crippen molar-refractivity contribution in [3.05, 3.63) is 0 Å². The van der Waals surface area contributed by atoms with Crippen LogP contribution in [-0.2, 0) is 10.4 Å². The van der Waals surface area contributed by atoms with Crippen molar-refractivity contribution in [1.82, 2.24) is 10.2 Å². The summed E-state index contributed by atoms with van der Waals surface area (Å²) >= 11 is 0. The lowest BCUT2D eigenvalue weighted by molar-refractivity contribution is 0.106. The summed E-state index contributed by atoms with van der Waals surface area (Å²) in [4.78, 5) is 2.50. The molecule has 0 aromatic heterocycles. The highest BCUT2D eigenvalue weighted by atomic mass is 32.3. The van der Waals surface area contributed by atoms with Crippen LogP contribution in [-0.4, -0.2) is 53.6 Å². The third kappa shape index (κ3) is 10.7. The number of likely N-dealkylation sites (tertiary alicyclic amines) is 1. The summed E-state index contributed by atoms with van der Waals surface area (Å²) in [6.07, 6.45) is 3.94. The van der Waals surface area contributed by atoms with Crippen molar-refractivity contribution in [2.45, 2.75) is 45.2 Å². The average molecular weight is 296 g/mol. The quantitative estimate of drug-likeness (QED) is 0.282. The van der Waals surface area contributed by atoms with E-state index in [0.29, 0.717) is 12.1 Å². The summed E-state index contributed by atoms with van der Waals surface area (Å²) in [7, 11) is -4.67. The maximum Gasteiger partial charge on any atom is 0.394 e. The van der Waals surface area contributed by atoms with Crippen LogP contribution in [0, 0.1) is 5.41 Å². The van der Waals surface area contributed by atoms with Crippen LogP contribution < -0.4 is 11.1 Å². The van der Waals surface area contributed by atoms with E-state index in [2.05, 4.69) is 24.1 Å². The highest BCUT2D eigenvalue weighted by Crippen LogP contribution is 2.21. The standard InChI is InChI=1S/C10H22N4.H2O4S/c1-8-4-3-5-9(2)14(8)7-6-13-10(11)12;1-5(2,3)4/h8-9H,3-7H2,1-2H3,(H4,11,12,13);(H2,1,2,3,4)/t8-,9+;. The van der Waals surface area contributed by atoms with Crippen LogP contribution in [0.2, 0.25) is 0 Å². The average Bonchev–Trinajstić information content (AvgIpc) is 2.19. The molecule has 1 aliphatic heterocycles. The predicted molar refractivity (Wildman–Crippen MR) is 73.6 cm³/mol. The third-order valence-electron chi connectivity index (χ3n) is 3.06. The Labute approximate surface area is 114 Å². The molecule has 2 atom stereocenters. The minimum absolute atomic E-state index is 0.0716. The van der Waals surface area contributed by atoms with Crippen LogP contribution in [0.3, 0.4) is 0 Å². The Morgan fingerprint density at radius 2 is 1.79 bits per heavy atom. The number of guanidine groups is 1. The fraction of sp³-hybridized carbons (Fsp3) is 0.900. The van der Waals surface area contributed by atoms with Gasteiger partial charge in [-0.25, -0.2) is 0 Å². The first-order valence-electron chi connectivity index (χ1n) is 6.14. The molecule has 1 aliphatic rings. The van der Waals surface area contributed by atoms with Gasteiger partial charge in [0.15, 0.2) is 5.96 Å².